The molecule has 0 aromatic carbocycles. The van der Waals surface area contributed by atoms with Crippen LogP contribution < -0.4 is 10.9 Å². The zero-order chi connectivity index (χ0) is 15.5. The highest BCUT2D eigenvalue weighted by atomic mass is 32.1. The number of hydrogen-bond donors (Lipinski definition) is 1. The monoisotopic (exact) mass is 317 g/mol. The summed E-state index contributed by atoms with van der Waals surface area (Å²) in [6, 6.07) is 5.33. The molecule has 2 aromatic rings. The topological polar surface area (TPSA) is 64.0 Å². The summed E-state index contributed by atoms with van der Waals surface area (Å²) in [6.45, 7) is 3.01. The molecular weight excluding hydrogens is 298 g/mol. The standard InChI is InChI=1S/C16H19N3O2S/c1-11-4-5-13-12(9-11)10-15(20)19(18-13)7-6-17-16(21)14-3-2-8-22-14/h2-3,8,10-11H,4-7,9H2,1H3,(H,17,21)/t11-/m0/s1. The minimum atomic E-state index is -0.102. The van der Waals surface area contributed by atoms with Crippen LogP contribution in [0.1, 0.15) is 34.3 Å². The Labute approximate surface area is 133 Å². The van der Waals surface area contributed by atoms with Crippen molar-refractivity contribution in [3.05, 3.63) is 50.1 Å². The zero-order valence-electron chi connectivity index (χ0n) is 12.5. The lowest BCUT2D eigenvalue weighted by molar-refractivity contribution is 0.0955. The van der Waals surface area contributed by atoms with E-state index in [-0.39, 0.29) is 11.5 Å². The number of thiophene rings is 1. The van der Waals surface area contributed by atoms with Crippen LogP contribution in [0.15, 0.2) is 28.4 Å². The van der Waals surface area contributed by atoms with Crippen molar-refractivity contribution in [3.8, 4) is 0 Å². The van der Waals surface area contributed by atoms with E-state index in [0.717, 1.165) is 30.5 Å². The van der Waals surface area contributed by atoms with E-state index in [9.17, 15) is 9.59 Å². The summed E-state index contributed by atoms with van der Waals surface area (Å²) in [7, 11) is 0. The van der Waals surface area contributed by atoms with Crippen molar-refractivity contribution in [2.24, 2.45) is 5.92 Å². The summed E-state index contributed by atoms with van der Waals surface area (Å²) in [5, 5.41) is 9.15. The minimum Gasteiger partial charge on any atom is -0.349 e. The van der Waals surface area contributed by atoms with Crippen LogP contribution in [-0.4, -0.2) is 22.2 Å². The molecular formula is C16H19N3O2S. The van der Waals surface area contributed by atoms with E-state index in [2.05, 4.69) is 17.3 Å². The van der Waals surface area contributed by atoms with Gasteiger partial charge in [0.15, 0.2) is 0 Å². The van der Waals surface area contributed by atoms with Gasteiger partial charge in [0.05, 0.1) is 17.1 Å². The molecule has 6 heteroatoms. The highest BCUT2D eigenvalue weighted by Gasteiger charge is 2.18. The molecule has 0 spiro atoms. The van der Waals surface area contributed by atoms with Crippen molar-refractivity contribution in [1.29, 1.82) is 0 Å². The van der Waals surface area contributed by atoms with Gasteiger partial charge in [-0.25, -0.2) is 4.68 Å². The Morgan fingerprint density at radius 1 is 1.55 bits per heavy atom. The molecule has 5 nitrogen and oxygen atoms in total. The SMILES string of the molecule is C[C@H]1CCc2nn(CCNC(=O)c3cccs3)c(=O)cc2C1. The van der Waals surface area contributed by atoms with Gasteiger partial charge in [-0.15, -0.1) is 11.3 Å². The molecule has 1 aliphatic carbocycles. The van der Waals surface area contributed by atoms with Crippen molar-refractivity contribution in [1.82, 2.24) is 15.1 Å². The summed E-state index contributed by atoms with van der Waals surface area (Å²) in [4.78, 5) is 24.6. The molecule has 0 bridgehead atoms. The second-order valence-corrected chi connectivity index (χ2v) is 6.71. The Morgan fingerprint density at radius 3 is 3.18 bits per heavy atom. The van der Waals surface area contributed by atoms with Gasteiger partial charge in [-0.2, -0.15) is 5.10 Å². The molecule has 22 heavy (non-hydrogen) atoms. The highest BCUT2D eigenvalue weighted by Crippen LogP contribution is 2.22. The van der Waals surface area contributed by atoms with Crippen molar-refractivity contribution < 1.29 is 4.79 Å². The third kappa shape index (κ3) is 3.27. The Balaban J connectivity index is 1.63. The summed E-state index contributed by atoms with van der Waals surface area (Å²) < 4.78 is 1.46. The maximum atomic E-state index is 12.1. The number of aryl methyl sites for hydroxylation is 1. The first kappa shape index (κ1) is 15.0. The molecule has 1 amide bonds. The summed E-state index contributed by atoms with van der Waals surface area (Å²) in [5.74, 6) is 0.518. The molecule has 0 fully saturated rings. The van der Waals surface area contributed by atoms with E-state index in [1.54, 1.807) is 12.1 Å². The predicted octanol–water partition coefficient (Wildman–Crippen LogP) is 1.86. The summed E-state index contributed by atoms with van der Waals surface area (Å²) in [5.41, 5.74) is 2.03. The molecule has 3 rings (SSSR count). The lowest BCUT2D eigenvalue weighted by atomic mass is 9.88. The smallest absolute Gasteiger partial charge is 0.267 e. The number of carbonyl (C=O) groups is 1. The van der Waals surface area contributed by atoms with Crippen LogP contribution in [0.5, 0.6) is 0 Å². The Kier molecular flexibility index (Phi) is 4.38. The van der Waals surface area contributed by atoms with Gasteiger partial charge in [0.25, 0.3) is 11.5 Å². The number of nitrogens with zero attached hydrogens (tertiary/aromatic N) is 2. The van der Waals surface area contributed by atoms with E-state index in [0.29, 0.717) is 23.9 Å². The van der Waals surface area contributed by atoms with Gasteiger partial charge in [-0.05, 0) is 42.2 Å². The number of amides is 1. The van der Waals surface area contributed by atoms with E-state index >= 15 is 0 Å². The Hall–Kier alpha value is -1.95. The van der Waals surface area contributed by atoms with Gasteiger partial charge in [-0.1, -0.05) is 13.0 Å². The fourth-order valence-electron chi connectivity index (χ4n) is 2.74. The molecule has 0 saturated carbocycles. The van der Waals surface area contributed by atoms with Crippen molar-refractivity contribution in [2.75, 3.05) is 6.54 Å². The van der Waals surface area contributed by atoms with Gasteiger partial charge < -0.3 is 5.32 Å². The molecule has 2 heterocycles. The number of nitrogens with one attached hydrogen (secondary N) is 1. The second kappa shape index (κ2) is 6.44. The molecule has 1 aliphatic rings. The lowest BCUT2D eigenvalue weighted by Gasteiger charge is -2.20. The normalized spacial score (nSPS) is 17.0. The molecule has 0 aliphatic heterocycles. The summed E-state index contributed by atoms with van der Waals surface area (Å²) in [6.07, 6.45) is 2.99. The van der Waals surface area contributed by atoms with Crippen LogP contribution >= 0.6 is 11.3 Å². The van der Waals surface area contributed by atoms with Crippen LogP contribution in [0.3, 0.4) is 0 Å². The number of aromatic nitrogens is 2. The van der Waals surface area contributed by atoms with Crippen LogP contribution in [0, 0.1) is 5.92 Å². The first-order valence-corrected chi connectivity index (χ1v) is 8.43. The maximum absolute atomic E-state index is 12.1. The first-order chi connectivity index (χ1) is 10.6. The molecule has 0 radical (unpaired) electrons. The van der Waals surface area contributed by atoms with E-state index in [1.165, 1.54) is 16.0 Å². The van der Waals surface area contributed by atoms with E-state index in [4.69, 9.17) is 0 Å². The minimum absolute atomic E-state index is 0.0850. The largest absolute Gasteiger partial charge is 0.349 e. The molecule has 1 N–H and O–H groups in total. The fraction of sp³-hybridized carbons (Fsp3) is 0.438. The second-order valence-electron chi connectivity index (χ2n) is 5.76. The third-order valence-corrected chi connectivity index (χ3v) is 4.83. The van der Waals surface area contributed by atoms with E-state index < -0.39 is 0 Å². The summed E-state index contributed by atoms with van der Waals surface area (Å²) >= 11 is 1.40. The third-order valence-electron chi connectivity index (χ3n) is 3.96. The number of rotatable bonds is 4. The van der Waals surface area contributed by atoms with Crippen LogP contribution in [0.2, 0.25) is 0 Å². The maximum Gasteiger partial charge on any atom is 0.267 e. The van der Waals surface area contributed by atoms with Gasteiger partial charge in [-0.3, -0.25) is 9.59 Å². The lowest BCUT2D eigenvalue weighted by Crippen LogP contribution is -2.33. The van der Waals surface area contributed by atoms with Crippen molar-refractivity contribution in [3.63, 3.8) is 0 Å². The van der Waals surface area contributed by atoms with E-state index in [1.807, 2.05) is 11.4 Å². The Bertz CT molecular complexity index is 721. The molecule has 116 valence electrons. The number of carbonyl (C=O) groups excluding carboxylic acids is 1. The van der Waals surface area contributed by atoms with Crippen LogP contribution in [0.4, 0.5) is 0 Å². The molecule has 0 saturated heterocycles. The van der Waals surface area contributed by atoms with Gasteiger partial charge in [0.2, 0.25) is 0 Å². The average molecular weight is 317 g/mol. The number of fused-ring (bicyclic) bond motifs is 1. The fourth-order valence-corrected chi connectivity index (χ4v) is 3.38. The van der Waals surface area contributed by atoms with Crippen molar-refractivity contribution in [2.45, 2.75) is 32.7 Å². The average Bonchev–Trinajstić information content (AvgIpc) is 3.02. The first-order valence-electron chi connectivity index (χ1n) is 7.55. The molecule has 1 atom stereocenters. The Morgan fingerprint density at radius 2 is 2.41 bits per heavy atom. The zero-order valence-corrected chi connectivity index (χ0v) is 13.4. The van der Waals surface area contributed by atoms with Gasteiger partial charge in [0.1, 0.15) is 0 Å². The predicted molar refractivity (Wildman–Crippen MR) is 86.3 cm³/mol. The quantitative estimate of drug-likeness (QED) is 0.936. The van der Waals surface area contributed by atoms with Crippen molar-refractivity contribution >= 4 is 17.2 Å². The number of hydrogen-bond acceptors (Lipinski definition) is 4. The van der Waals surface area contributed by atoms with Gasteiger partial charge in [0, 0.05) is 12.6 Å². The van der Waals surface area contributed by atoms with Crippen LogP contribution in [-0.2, 0) is 19.4 Å². The van der Waals surface area contributed by atoms with Crippen LogP contribution in [0.25, 0.3) is 0 Å². The van der Waals surface area contributed by atoms with Gasteiger partial charge >= 0.3 is 0 Å². The molecule has 2 aromatic heterocycles. The molecule has 0 unspecified atom stereocenters. The highest BCUT2D eigenvalue weighted by molar-refractivity contribution is 7.12.